The number of amides is 1. The average molecular weight is 431 g/mol. The molecule has 0 saturated heterocycles. The first-order chi connectivity index (χ1) is 15.1. The SMILES string of the molecule is O=C(NN=Cc1ccc(OCc2ccc(Cl)cc2)cc1)c1cc2ccccc2cc1O. The fourth-order valence-electron chi connectivity index (χ4n) is 3.03. The van der Waals surface area contributed by atoms with E-state index in [1.54, 1.807) is 12.1 Å². The molecule has 4 aromatic carbocycles. The molecule has 0 aliphatic rings. The van der Waals surface area contributed by atoms with Crippen molar-refractivity contribution in [2.24, 2.45) is 5.10 Å². The molecule has 0 heterocycles. The quantitative estimate of drug-likeness (QED) is 0.311. The fraction of sp³-hybridized carbons (Fsp3) is 0.0400. The van der Waals surface area contributed by atoms with Crippen molar-refractivity contribution in [2.75, 3.05) is 0 Å². The number of hydrogen-bond donors (Lipinski definition) is 2. The lowest BCUT2D eigenvalue weighted by Crippen LogP contribution is -2.17. The molecule has 2 N–H and O–H groups in total. The normalized spacial score (nSPS) is 11.0. The molecule has 0 unspecified atom stereocenters. The minimum absolute atomic E-state index is 0.0893. The van der Waals surface area contributed by atoms with Crippen LogP contribution in [0.5, 0.6) is 11.5 Å². The number of ether oxygens (including phenoxy) is 1. The monoisotopic (exact) mass is 430 g/mol. The summed E-state index contributed by atoms with van der Waals surface area (Å²) in [6.45, 7) is 0.440. The van der Waals surface area contributed by atoms with E-state index in [1.807, 2.05) is 72.8 Å². The number of hydrogen-bond acceptors (Lipinski definition) is 4. The third kappa shape index (κ3) is 5.21. The van der Waals surface area contributed by atoms with Crippen LogP contribution in [0.3, 0.4) is 0 Å². The van der Waals surface area contributed by atoms with Crippen LogP contribution in [0.25, 0.3) is 10.8 Å². The van der Waals surface area contributed by atoms with Crippen molar-refractivity contribution >= 4 is 34.5 Å². The number of rotatable bonds is 6. The van der Waals surface area contributed by atoms with Gasteiger partial charge in [-0.05, 0) is 70.4 Å². The van der Waals surface area contributed by atoms with Crippen LogP contribution in [0.4, 0.5) is 0 Å². The first-order valence-corrected chi connectivity index (χ1v) is 9.99. The highest BCUT2D eigenvalue weighted by atomic mass is 35.5. The maximum Gasteiger partial charge on any atom is 0.275 e. The van der Waals surface area contributed by atoms with E-state index in [2.05, 4.69) is 10.5 Å². The average Bonchev–Trinajstić information content (AvgIpc) is 2.79. The summed E-state index contributed by atoms with van der Waals surface area (Å²) >= 11 is 5.88. The number of fused-ring (bicyclic) bond motifs is 1. The van der Waals surface area contributed by atoms with E-state index in [0.29, 0.717) is 11.6 Å². The van der Waals surface area contributed by atoms with Gasteiger partial charge in [0, 0.05) is 5.02 Å². The predicted molar refractivity (Wildman–Crippen MR) is 123 cm³/mol. The lowest BCUT2D eigenvalue weighted by molar-refractivity contribution is 0.0952. The summed E-state index contributed by atoms with van der Waals surface area (Å²) in [6.07, 6.45) is 1.53. The van der Waals surface area contributed by atoms with Crippen molar-refractivity contribution in [1.82, 2.24) is 5.43 Å². The molecule has 0 fully saturated rings. The van der Waals surface area contributed by atoms with Gasteiger partial charge in [0.05, 0.1) is 11.8 Å². The third-order valence-corrected chi connectivity index (χ3v) is 4.94. The zero-order valence-corrected chi connectivity index (χ0v) is 17.2. The number of nitrogens with one attached hydrogen (secondary N) is 1. The van der Waals surface area contributed by atoms with Crippen LogP contribution >= 0.6 is 11.6 Å². The highest BCUT2D eigenvalue weighted by molar-refractivity contribution is 6.30. The minimum atomic E-state index is -0.484. The van der Waals surface area contributed by atoms with E-state index in [9.17, 15) is 9.90 Å². The third-order valence-electron chi connectivity index (χ3n) is 4.69. The van der Waals surface area contributed by atoms with Crippen molar-refractivity contribution in [1.29, 1.82) is 0 Å². The second-order valence-corrected chi connectivity index (χ2v) is 7.34. The van der Waals surface area contributed by atoms with Gasteiger partial charge in [-0.3, -0.25) is 4.79 Å². The Morgan fingerprint density at radius 1 is 0.968 bits per heavy atom. The van der Waals surface area contributed by atoms with Crippen LogP contribution in [0, 0.1) is 0 Å². The number of carbonyl (C=O) groups is 1. The fourth-order valence-corrected chi connectivity index (χ4v) is 3.16. The molecule has 0 aromatic heterocycles. The van der Waals surface area contributed by atoms with Gasteiger partial charge >= 0.3 is 0 Å². The molecule has 31 heavy (non-hydrogen) atoms. The van der Waals surface area contributed by atoms with Crippen molar-refractivity contribution in [3.8, 4) is 11.5 Å². The molecule has 0 spiro atoms. The minimum Gasteiger partial charge on any atom is -0.507 e. The number of hydrazone groups is 1. The molecular weight excluding hydrogens is 412 g/mol. The molecule has 1 amide bonds. The van der Waals surface area contributed by atoms with Crippen molar-refractivity contribution in [3.63, 3.8) is 0 Å². The number of nitrogens with zero attached hydrogens (tertiary/aromatic N) is 1. The summed E-state index contributed by atoms with van der Waals surface area (Å²) in [5, 5.41) is 16.5. The topological polar surface area (TPSA) is 70.9 Å². The van der Waals surface area contributed by atoms with Crippen LogP contribution in [0.2, 0.25) is 5.02 Å². The molecule has 0 aliphatic carbocycles. The summed E-state index contributed by atoms with van der Waals surface area (Å²) in [7, 11) is 0. The van der Waals surface area contributed by atoms with E-state index in [0.717, 1.165) is 27.6 Å². The Hall–Kier alpha value is -3.83. The Labute approximate surface area is 184 Å². The molecule has 5 nitrogen and oxygen atoms in total. The summed E-state index contributed by atoms with van der Waals surface area (Å²) in [5.74, 6) is 0.147. The van der Waals surface area contributed by atoms with Crippen LogP contribution in [-0.4, -0.2) is 17.2 Å². The van der Waals surface area contributed by atoms with Gasteiger partial charge in [-0.2, -0.15) is 5.10 Å². The van der Waals surface area contributed by atoms with Crippen molar-refractivity contribution in [3.05, 3.63) is 107 Å². The summed E-state index contributed by atoms with van der Waals surface area (Å²) in [4.78, 5) is 12.4. The summed E-state index contributed by atoms with van der Waals surface area (Å²) < 4.78 is 5.75. The van der Waals surface area contributed by atoms with Gasteiger partial charge in [-0.1, -0.05) is 48.0 Å². The van der Waals surface area contributed by atoms with Gasteiger partial charge in [0.15, 0.2) is 0 Å². The highest BCUT2D eigenvalue weighted by Gasteiger charge is 2.11. The van der Waals surface area contributed by atoms with Gasteiger partial charge in [0.1, 0.15) is 18.1 Å². The Morgan fingerprint density at radius 3 is 2.35 bits per heavy atom. The Morgan fingerprint density at radius 2 is 1.65 bits per heavy atom. The zero-order valence-electron chi connectivity index (χ0n) is 16.5. The van der Waals surface area contributed by atoms with E-state index in [4.69, 9.17) is 16.3 Å². The molecule has 0 aliphatic heterocycles. The molecule has 0 saturated carbocycles. The molecule has 4 rings (SSSR count). The van der Waals surface area contributed by atoms with Crippen molar-refractivity contribution < 1.29 is 14.6 Å². The largest absolute Gasteiger partial charge is 0.507 e. The summed E-state index contributed by atoms with van der Waals surface area (Å²) in [6, 6.07) is 25.5. The van der Waals surface area contributed by atoms with Crippen LogP contribution in [0.15, 0.2) is 90.0 Å². The standard InChI is InChI=1S/C25H19ClN2O3/c26-21-9-5-18(6-10-21)16-31-22-11-7-17(8-12-22)15-27-28-25(30)23-13-19-3-1-2-4-20(19)14-24(23)29/h1-15,29H,16H2,(H,28,30). The highest BCUT2D eigenvalue weighted by Crippen LogP contribution is 2.24. The van der Waals surface area contributed by atoms with E-state index in [-0.39, 0.29) is 11.3 Å². The maximum atomic E-state index is 12.4. The molecule has 6 heteroatoms. The smallest absolute Gasteiger partial charge is 0.275 e. The van der Waals surface area contributed by atoms with Crippen LogP contribution in [0.1, 0.15) is 21.5 Å². The van der Waals surface area contributed by atoms with Crippen molar-refractivity contribution in [2.45, 2.75) is 6.61 Å². The Bertz CT molecular complexity index is 1240. The second kappa shape index (κ2) is 9.32. The summed E-state index contributed by atoms with van der Waals surface area (Å²) in [5.41, 5.74) is 4.43. The second-order valence-electron chi connectivity index (χ2n) is 6.90. The van der Waals surface area contributed by atoms with Gasteiger partial charge in [-0.25, -0.2) is 5.43 Å². The zero-order chi connectivity index (χ0) is 21.6. The number of phenolic OH excluding ortho intramolecular Hbond substituents is 1. The van der Waals surface area contributed by atoms with Crippen LogP contribution < -0.4 is 10.2 Å². The first kappa shape index (κ1) is 20.4. The van der Waals surface area contributed by atoms with E-state index in [1.165, 1.54) is 6.21 Å². The van der Waals surface area contributed by atoms with Gasteiger partial charge < -0.3 is 9.84 Å². The first-order valence-electron chi connectivity index (χ1n) is 9.61. The molecule has 0 bridgehead atoms. The number of phenols is 1. The molecule has 0 radical (unpaired) electrons. The van der Waals surface area contributed by atoms with Crippen LogP contribution in [-0.2, 0) is 6.61 Å². The predicted octanol–water partition coefficient (Wildman–Crippen LogP) is 5.54. The van der Waals surface area contributed by atoms with E-state index >= 15 is 0 Å². The lowest BCUT2D eigenvalue weighted by atomic mass is 10.1. The van der Waals surface area contributed by atoms with Gasteiger partial charge in [0.25, 0.3) is 5.91 Å². The molecular formula is C25H19ClN2O3. The number of aromatic hydroxyl groups is 1. The number of carbonyl (C=O) groups excluding carboxylic acids is 1. The van der Waals surface area contributed by atoms with Gasteiger partial charge in [-0.15, -0.1) is 0 Å². The molecule has 4 aromatic rings. The molecule has 154 valence electrons. The number of halogens is 1. The molecule has 0 atom stereocenters. The number of benzene rings is 4. The van der Waals surface area contributed by atoms with Gasteiger partial charge in [0.2, 0.25) is 0 Å². The lowest BCUT2D eigenvalue weighted by Gasteiger charge is -2.07. The maximum absolute atomic E-state index is 12.4. The van der Waals surface area contributed by atoms with E-state index < -0.39 is 5.91 Å². The Balaban J connectivity index is 1.35. The Kier molecular flexibility index (Phi) is 6.15.